The zero-order valence-electron chi connectivity index (χ0n) is 23.3. The first-order valence-corrected chi connectivity index (χ1v) is 14.0. The molecular formula is C34H44Li. The van der Waals surface area contributed by atoms with Gasteiger partial charge in [0.1, 0.15) is 0 Å². The third kappa shape index (κ3) is 7.15. The maximum atomic E-state index is 2.42. The van der Waals surface area contributed by atoms with Crippen LogP contribution in [-0.4, -0.2) is 17.7 Å². The zero-order valence-corrected chi connectivity index (χ0v) is 23.3. The second-order valence-corrected chi connectivity index (χ2v) is 10.7. The van der Waals surface area contributed by atoms with Gasteiger partial charge in [0, 0.05) is 0 Å². The van der Waals surface area contributed by atoms with E-state index < -0.39 is 0 Å². The van der Waals surface area contributed by atoms with Crippen molar-refractivity contribution in [3.8, 4) is 0 Å². The van der Waals surface area contributed by atoms with Gasteiger partial charge in [0.25, 0.3) is 0 Å². The molecule has 1 heteroatoms. The molecule has 0 bridgehead atoms. The molecule has 35 heavy (non-hydrogen) atoms. The molecule has 0 aromatic heterocycles. The topological polar surface area (TPSA) is 0 Å². The molecule has 0 heterocycles. The molecule has 3 unspecified atom stereocenters. The van der Waals surface area contributed by atoms with Gasteiger partial charge >= 0.3 is 226 Å². The van der Waals surface area contributed by atoms with E-state index in [1.165, 1.54) is 62.8 Å². The van der Waals surface area contributed by atoms with Crippen LogP contribution < -0.4 is 4.24 Å². The first-order chi connectivity index (χ1) is 16.9. The van der Waals surface area contributed by atoms with Crippen LogP contribution in [-0.2, 0) is 12.8 Å². The molecule has 0 saturated heterocycles. The standard InChI is InChI=1S/C34H44.Li/c1-7-25(5)23-33(29-19-15-27(9-3)16-20-29)31-13-11-12-14-32(31)34(24-26(6)8-2)30-21-17-28(10-4)18-22-30;/h11-13,15-22,25-26,33H,7-10,23-24H2,1-6H3;. The van der Waals surface area contributed by atoms with E-state index in [4.69, 9.17) is 0 Å². The fourth-order valence-electron chi connectivity index (χ4n) is 5.19. The molecular weight excluding hydrogens is 415 g/mol. The second-order valence-electron chi connectivity index (χ2n) is 10.7. The molecule has 1 radical (unpaired) electrons. The van der Waals surface area contributed by atoms with E-state index in [9.17, 15) is 0 Å². The molecule has 3 aromatic rings. The van der Waals surface area contributed by atoms with E-state index in [0.29, 0.717) is 17.8 Å². The summed E-state index contributed by atoms with van der Waals surface area (Å²) in [6.07, 6.45) is 6.89. The zero-order chi connectivity index (χ0) is 25.4. The van der Waals surface area contributed by atoms with Crippen LogP contribution in [0, 0.1) is 17.8 Å². The number of benzene rings is 3. The quantitative estimate of drug-likeness (QED) is 0.238. The number of hydrogen-bond acceptors (Lipinski definition) is 0. The van der Waals surface area contributed by atoms with Crippen molar-refractivity contribution in [1.82, 2.24) is 0 Å². The van der Waals surface area contributed by atoms with Gasteiger partial charge in [-0.15, -0.1) is 0 Å². The van der Waals surface area contributed by atoms with Crippen LogP contribution in [0.25, 0.3) is 0 Å². The van der Waals surface area contributed by atoms with Crippen LogP contribution in [0.4, 0.5) is 0 Å². The molecule has 0 N–H and O–H groups in total. The number of aryl methyl sites for hydroxylation is 2. The van der Waals surface area contributed by atoms with Crippen LogP contribution in [0.2, 0.25) is 0 Å². The van der Waals surface area contributed by atoms with E-state index >= 15 is 0 Å². The minimum absolute atomic E-state index is 0.410. The van der Waals surface area contributed by atoms with Crippen LogP contribution in [0.1, 0.15) is 107 Å². The van der Waals surface area contributed by atoms with Crippen molar-refractivity contribution in [1.29, 1.82) is 0 Å². The van der Waals surface area contributed by atoms with Gasteiger partial charge in [0.15, 0.2) is 0 Å². The molecule has 3 rings (SSSR count). The molecule has 0 fully saturated rings. The third-order valence-electron chi connectivity index (χ3n) is 8.07. The monoisotopic (exact) mass is 459 g/mol. The average molecular weight is 460 g/mol. The molecule has 181 valence electrons. The van der Waals surface area contributed by atoms with E-state index in [1.54, 1.807) is 0 Å². The van der Waals surface area contributed by atoms with Gasteiger partial charge in [-0.25, -0.2) is 0 Å². The van der Waals surface area contributed by atoms with Crippen molar-refractivity contribution in [2.45, 2.75) is 86.0 Å². The summed E-state index contributed by atoms with van der Waals surface area (Å²) < 4.78 is 1.40. The summed E-state index contributed by atoms with van der Waals surface area (Å²) in [6.45, 7) is 13.9. The van der Waals surface area contributed by atoms with Crippen molar-refractivity contribution in [2.75, 3.05) is 0 Å². The summed E-state index contributed by atoms with van der Waals surface area (Å²) in [4.78, 5) is 0. The van der Waals surface area contributed by atoms with Crippen LogP contribution >= 0.6 is 0 Å². The predicted molar refractivity (Wildman–Crippen MR) is 155 cm³/mol. The van der Waals surface area contributed by atoms with Crippen molar-refractivity contribution in [3.05, 3.63) is 106 Å². The summed E-state index contributed by atoms with van der Waals surface area (Å²) in [7, 11) is 0. The van der Waals surface area contributed by atoms with Gasteiger partial charge < -0.3 is 0 Å². The Labute approximate surface area is 225 Å². The van der Waals surface area contributed by atoms with Crippen LogP contribution in [0.15, 0.2) is 66.7 Å². The summed E-state index contributed by atoms with van der Waals surface area (Å²) in [5, 5.41) is 0. The Morgan fingerprint density at radius 3 is 1.83 bits per heavy atom. The third-order valence-corrected chi connectivity index (χ3v) is 8.07. The van der Waals surface area contributed by atoms with Gasteiger partial charge in [0.05, 0.1) is 0 Å². The molecule has 3 aromatic carbocycles. The first-order valence-electron chi connectivity index (χ1n) is 14.0. The molecule has 0 aliphatic heterocycles. The summed E-state index contributed by atoms with van der Waals surface area (Å²) in [5.74, 6) is 3.27. The SMILES string of the molecule is [Li][c]1cccc(C(CC(C)CC)c2ccc(CC)cc2)c1[C](CC(C)CC)c1ccc(CC)cc1. The number of rotatable bonds is 12. The average Bonchev–Trinajstić information content (AvgIpc) is 2.90. The Morgan fingerprint density at radius 2 is 1.29 bits per heavy atom. The number of hydrogen-bond donors (Lipinski definition) is 0. The maximum absolute atomic E-state index is 2.42. The van der Waals surface area contributed by atoms with Crippen LogP contribution in [0.3, 0.4) is 0 Å². The van der Waals surface area contributed by atoms with Crippen LogP contribution in [0.5, 0.6) is 0 Å². The normalized spacial score (nSPS) is 14.2. The Hall–Kier alpha value is -1.74. The Balaban J connectivity index is 2.18. The molecule has 0 nitrogen and oxygen atoms in total. The molecule has 0 saturated carbocycles. The van der Waals surface area contributed by atoms with E-state index in [2.05, 4.69) is 126 Å². The molecule has 0 aliphatic carbocycles. The van der Waals surface area contributed by atoms with E-state index in [0.717, 1.165) is 19.3 Å². The fraction of sp³-hybridized carbons (Fsp3) is 0.441. The van der Waals surface area contributed by atoms with E-state index in [1.807, 2.05) is 0 Å². The van der Waals surface area contributed by atoms with Gasteiger partial charge in [-0.05, 0) is 0 Å². The van der Waals surface area contributed by atoms with Crippen molar-refractivity contribution < 1.29 is 0 Å². The van der Waals surface area contributed by atoms with Gasteiger partial charge in [-0.1, -0.05) is 0 Å². The van der Waals surface area contributed by atoms with E-state index in [-0.39, 0.29) is 0 Å². The predicted octanol–water partition coefficient (Wildman–Crippen LogP) is 8.58. The van der Waals surface area contributed by atoms with Crippen molar-refractivity contribution in [2.24, 2.45) is 11.8 Å². The summed E-state index contributed by atoms with van der Waals surface area (Å²) in [6, 6.07) is 25.8. The summed E-state index contributed by atoms with van der Waals surface area (Å²) >= 11 is 2.32. The summed E-state index contributed by atoms with van der Waals surface area (Å²) in [5.41, 5.74) is 8.67. The molecule has 3 atom stereocenters. The Kier molecular flexibility index (Phi) is 10.8. The second kappa shape index (κ2) is 13.5. The molecule has 0 aliphatic rings. The Morgan fingerprint density at radius 1 is 0.714 bits per heavy atom. The molecule has 0 spiro atoms. The fourth-order valence-corrected chi connectivity index (χ4v) is 5.19. The van der Waals surface area contributed by atoms with Gasteiger partial charge in [-0.2, -0.15) is 0 Å². The van der Waals surface area contributed by atoms with Gasteiger partial charge in [0.2, 0.25) is 0 Å². The van der Waals surface area contributed by atoms with Crippen molar-refractivity contribution in [3.63, 3.8) is 0 Å². The molecule has 0 amide bonds. The Bertz CT molecular complexity index is 1030. The van der Waals surface area contributed by atoms with Gasteiger partial charge in [-0.3, -0.25) is 0 Å². The van der Waals surface area contributed by atoms with Crippen molar-refractivity contribution >= 4 is 22.0 Å². The first kappa shape index (κ1) is 27.8. The minimum atomic E-state index is 0.410.